The first-order chi connectivity index (χ1) is 6.76. The second-order valence-electron chi connectivity index (χ2n) is 3.27. The average molecular weight is 202 g/mol. The Morgan fingerprint density at radius 1 is 1.71 bits per heavy atom. The van der Waals surface area contributed by atoms with Crippen LogP contribution >= 0.6 is 0 Å². The van der Waals surface area contributed by atoms with Crippen LogP contribution in [0.25, 0.3) is 0 Å². The molecule has 0 saturated heterocycles. The second-order valence-corrected chi connectivity index (χ2v) is 3.27. The van der Waals surface area contributed by atoms with Crippen LogP contribution in [0.1, 0.15) is 25.7 Å². The zero-order chi connectivity index (χ0) is 10.4. The second kappa shape index (κ2) is 5.75. The van der Waals surface area contributed by atoms with Gasteiger partial charge in [0.1, 0.15) is 5.76 Å². The van der Waals surface area contributed by atoms with Crippen LogP contribution in [0.3, 0.4) is 0 Å². The Morgan fingerprint density at radius 2 is 2.50 bits per heavy atom. The molecule has 0 aromatic carbocycles. The number of hydrogen-bond acceptors (Lipinski definition) is 3. The number of halogens is 1. The molecule has 0 bridgehead atoms. The number of carbonyl (C=O) groups excluding carboxylic acids is 1. The van der Waals surface area contributed by atoms with Gasteiger partial charge in [0.15, 0.2) is 6.67 Å². The molecule has 1 unspecified atom stereocenters. The normalized spacial score (nSPS) is 22.4. The summed E-state index contributed by atoms with van der Waals surface area (Å²) in [5.41, 5.74) is 0. The Balaban J connectivity index is 2.49. The molecule has 0 radical (unpaired) electrons. The van der Waals surface area contributed by atoms with Crippen molar-refractivity contribution < 1.29 is 18.7 Å². The minimum atomic E-state index is -1.07. The summed E-state index contributed by atoms with van der Waals surface area (Å²) in [7, 11) is 1.63. The van der Waals surface area contributed by atoms with E-state index in [0.29, 0.717) is 12.2 Å². The predicted molar refractivity (Wildman–Crippen MR) is 49.4 cm³/mol. The van der Waals surface area contributed by atoms with Gasteiger partial charge in [-0.2, -0.15) is 0 Å². The van der Waals surface area contributed by atoms with Gasteiger partial charge in [-0.1, -0.05) is 0 Å². The molecule has 0 amide bonds. The van der Waals surface area contributed by atoms with Crippen molar-refractivity contribution in [3.8, 4) is 0 Å². The quantitative estimate of drug-likeness (QED) is 0.656. The third-order valence-electron chi connectivity index (χ3n) is 2.22. The van der Waals surface area contributed by atoms with Gasteiger partial charge in [-0.25, -0.2) is 9.18 Å². The number of esters is 1. The molecule has 80 valence electrons. The summed E-state index contributed by atoms with van der Waals surface area (Å²) < 4.78 is 21.9. The average Bonchev–Trinajstić information content (AvgIpc) is 2.42. The lowest BCUT2D eigenvalue weighted by Gasteiger charge is -2.13. The lowest BCUT2D eigenvalue weighted by Crippen LogP contribution is -2.13. The van der Waals surface area contributed by atoms with E-state index in [1.165, 1.54) is 0 Å². The van der Waals surface area contributed by atoms with E-state index in [4.69, 9.17) is 9.47 Å². The standard InChI is InChI=1S/C10H15FO3/c1-13-8-4-2-3-5-9(6-8)14-10(12)7-11/h5,8H,2-4,6-7H2,1H3. The maximum atomic E-state index is 11.9. The molecule has 0 aromatic rings. The van der Waals surface area contributed by atoms with E-state index in [9.17, 15) is 9.18 Å². The number of methoxy groups -OCH3 is 1. The lowest BCUT2D eigenvalue weighted by atomic mass is 10.1. The molecular formula is C10H15FO3. The van der Waals surface area contributed by atoms with Crippen LogP contribution in [0.5, 0.6) is 0 Å². The van der Waals surface area contributed by atoms with Crippen LogP contribution in [0, 0.1) is 0 Å². The summed E-state index contributed by atoms with van der Waals surface area (Å²) in [6.07, 6.45) is 5.29. The summed E-state index contributed by atoms with van der Waals surface area (Å²) in [5, 5.41) is 0. The van der Waals surface area contributed by atoms with E-state index in [-0.39, 0.29) is 6.10 Å². The van der Waals surface area contributed by atoms with Gasteiger partial charge in [-0.05, 0) is 25.3 Å². The zero-order valence-electron chi connectivity index (χ0n) is 8.29. The Morgan fingerprint density at radius 3 is 3.14 bits per heavy atom. The van der Waals surface area contributed by atoms with Gasteiger partial charge in [0.2, 0.25) is 0 Å². The van der Waals surface area contributed by atoms with Crippen LogP contribution in [-0.4, -0.2) is 25.9 Å². The molecule has 1 rings (SSSR count). The van der Waals surface area contributed by atoms with Gasteiger partial charge in [0.05, 0.1) is 6.10 Å². The molecule has 0 saturated carbocycles. The van der Waals surface area contributed by atoms with Crippen LogP contribution < -0.4 is 0 Å². The molecule has 4 heteroatoms. The molecule has 1 aliphatic carbocycles. The number of ether oxygens (including phenoxy) is 2. The number of hydrogen-bond donors (Lipinski definition) is 0. The minimum Gasteiger partial charge on any atom is -0.429 e. The van der Waals surface area contributed by atoms with Gasteiger partial charge < -0.3 is 9.47 Å². The molecule has 3 nitrogen and oxygen atoms in total. The highest BCUT2D eigenvalue weighted by atomic mass is 19.1. The monoisotopic (exact) mass is 202 g/mol. The first-order valence-electron chi connectivity index (χ1n) is 4.74. The fourth-order valence-electron chi connectivity index (χ4n) is 1.48. The SMILES string of the molecule is COC1CCCC=C(OC(=O)CF)C1. The summed E-state index contributed by atoms with van der Waals surface area (Å²) >= 11 is 0. The third kappa shape index (κ3) is 3.46. The fraction of sp³-hybridized carbons (Fsp3) is 0.700. The summed E-state index contributed by atoms with van der Waals surface area (Å²) in [6, 6.07) is 0. The van der Waals surface area contributed by atoms with Gasteiger partial charge >= 0.3 is 5.97 Å². The highest BCUT2D eigenvalue weighted by molar-refractivity contribution is 5.71. The van der Waals surface area contributed by atoms with Crippen molar-refractivity contribution in [3.63, 3.8) is 0 Å². The van der Waals surface area contributed by atoms with Crippen molar-refractivity contribution in [2.75, 3.05) is 13.8 Å². The zero-order valence-corrected chi connectivity index (χ0v) is 8.29. The van der Waals surface area contributed by atoms with Crippen molar-refractivity contribution in [2.24, 2.45) is 0 Å². The Bertz CT molecular complexity index is 225. The smallest absolute Gasteiger partial charge is 0.342 e. The molecular weight excluding hydrogens is 187 g/mol. The van der Waals surface area contributed by atoms with E-state index in [2.05, 4.69) is 0 Å². The van der Waals surface area contributed by atoms with Crippen molar-refractivity contribution in [1.29, 1.82) is 0 Å². The highest BCUT2D eigenvalue weighted by Gasteiger charge is 2.16. The van der Waals surface area contributed by atoms with Crippen molar-refractivity contribution in [3.05, 3.63) is 11.8 Å². The molecule has 0 spiro atoms. The maximum Gasteiger partial charge on any atom is 0.342 e. The topological polar surface area (TPSA) is 35.5 Å². The number of allylic oxidation sites excluding steroid dienone is 1. The number of alkyl halides is 1. The van der Waals surface area contributed by atoms with E-state index in [0.717, 1.165) is 19.3 Å². The number of rotatable bonds is 3. The molecule has 0 fully saturated rings. The van der Waals surface area contributed by atoms with Crippen molar-refractivity contribution >= 4 is 5.97 Å². The Kier molecular flexibility index (Phi) is 4.59. The molecule has 1 atom stereocenters. The lowest BCUT2D eigenvalue weighted by molar-refractivity contribution is -0.141. The molecule has 0 heterocycles. The van der Waals surface area contributed by atoms with E-state index in [1.807, 2.05) is 6.08 Å². The number of carbonyl (C=O) groups is 1. The first-order valence-corrected chi connectivity index (χ1v) is 4.74. The predicted octanol–water partition coefficient (Wildman–Crippen LogP) is 1.97. The molecule has 0 aliphatic heterocycles. The first kappa shape index (κ1) is 11.2. The van der Waals surface area contributed by atoms with Gasteiger partial charge in [0.25, 0.3) is 0 Å². The van der Waals surface area contributed by atoms with Gasteiger partial charge in [0, 0.05) is 13.5 Å². The van der Waals surface area contributed by atoms with E-state index < -0.39 is 12.6 Å². The van der Waals surface area contributed by atoms with Crippen LogP contribution in [-0.2, 0) is 14.3 Å². The molecule has 0 N–H and O–H groups in total. The minimum absolute atomic E-state index is 0.0798. The third-order valence-corrected chi connectivity index (χ3v) is 2.22. The van der Waals surface area contributed by atoms with Crippen LogP contribution in [0.2, 0.25) is 0 Å². The van der Waals surface area contributed by atoms with Crippen LogP contribution in [0.4, 0.5) is 4.39 Å². The van der Waals surface area contributed by atoms with E-state index >= 15 is 0 Å². The largest absolute Gasteiger partial charge is 0.429 e. The Labute approximate surface area is 82.9 Å². The fourth-order valence-corrected chi connectivity index (χ4v) is 1.48. The van der Waals surface area contributed by atoms with Crippen LogP contribution in [0.15, 0.2) is 11.8 Å². The van der Waals surface area contributed by atoms with Crippen molar-refractivity contribution in [1.82, 2.24) is 0 Å². The van der Waals surface area contributed by atoms with Gasteiger partial charge in [-0.15, -0.1) is 0 Å². The molecule has 0 aromatic heterocycles. The summed E-state index contributed by atoms with van der Waals surface area (Å²) in [6.45, 7) is -1.07. The van der Waals surface area contributed by atoms with E-state index in [1.54, 1.807) is 7.11 Å². The maximum absolute atomic E-state index is 11.9. The molecule has 1 aliphatic rings. The van der Waals surface area contributed by atoms with Gasteiger partial charge in [-0.3, -0.25) is 0 Å². The van der Waals surface area contributed by atoms with Crippen molar-refractivity contribution in [2.45, 2.75) is 31.8 Å². The summed E-state index contributed by atoms with van der Waals surface area (Å²) in [5.74, 6) is -0.287. The summed E-state index contributed by atoms with van der Waals surface area (Å²) in [4.78, 5) is 10.7. The molecule has 14 heavy (non-hydrogen) atoms. The highest BCUT2D eigenvalue weighted by Crippen LogP contribution is 2.20. The Hall–Kier alpha value is -0.900.